The number of nitrogens with two attached hydrogens (primary N) is 1. The van der Waals surface area contributed by atoms with Gasteiger partial charge in [-0.15, -0.1) is 0 Å². The summed E-state index contributed by atoms with van der Waals surface area (Å²) in [4.78, 5) is 29.0. The summed E-state index contributed by atoms with van der Waals surface area (Å²) in [7, 11) is 1.40. The number of piperazine rings is 1. The van der Waals surface area contributed by atoms with Crippen LogP contribution in [0.1, 0.15) is 19.0 Å². The average molecular weight is 505 g/mol. The van der Waals surface area contributed by atoms with Crippen LogP contribution in [0.5, 0.6) is 0 Å². The Morgan fingerprint density at radius 1 is 1.11 bits per heavy atom. The van der Waals surface area contributed by atoms with Gasteiger partial charge in [0.25, 0.3) is 0 Å². The largest absolute Gasteiger partial charge is 0.453 e. The number of methoxy groups -OCH3 is 1. The Kier molecular flexibility index (Phi) is 6.76. The SMILES string of the molecule is CCCc1c(F)c2cnc(Nc3ccc(N4CCN(C(=O)OC)CC4)cc3)nc2n1-c1cccc(N)n1. The lowest BCUT2D eigenvalue weighted by atomic mass is 10.2. The minimum Gasteiger partial charge on any atom is -0.453 e. The van der Waals surface area contributed by atoms with Gasteiger partial charge in [0.2, 0.25) is 5.95 Å². The van der Waals surface area contributed by atoms with E-state index in [1.807, 2.05) is 31.2 Å². The molecule has 0 saturated carbocycles. The van der Waals surface area contributed by atoms with E-state index >= 15 is 4.39 Å². The number of nitrogens with one attached hydrogen (secondary N) is 1. The lowest BCUT2D eigenvalue weighted by molar-refractivity contribution is 0.121. The number of halogens is 1. The monoisotopic (exact) mass is 504 g/mol. The van der Waals surface area contributed by atoms with E-state index in [1.165, 1.54) is 13.3 Å². The molecule has 1 amide bonds. The van der Waals surface area contributed by atoms with E-state index in [-0.39, 0.29) is 11.9 Å². The molecule has 3 aromatic heterocycles. The summed E-state index contributed by atoms with van der Waals surface area (Å²) in [5.74, 6) is 0.863. The number of carbonyl (C=O) groups excluding carboxylic acids is 1. The van der Waals surface area contributed by atoms with Gasteiger partial charge in [-0.25, -0.2) is 19.2 Å². The van der Waals surface area contributed by atoms with E-state index < -0.39 is 0 Å². The van der Waals surface area contributed by atoms with Gasteiger partial charge in [-0.2, -0.15) is 4.98 Å². The first kappa shape index (κ1) is 24.3. The molecular weight excluding hydrogens is 475 g/mol. The van der Waals surface area contributed by atoms with Crippen LogP contribution in [-0.4, -0.2) is 63.8 Å². The number of benzene rings is 1. The summed E-state index contributed by atoms with van der Waals surface area (Å²) in [6, 6.07) is 13.2. The number of rotatable bonds is 6. The summed E-state index contributed by atoms with van der Waals surface area (Å²) in [5.41, 5.74) is 8.68. The second kappa shape index (κ2) is 10.3. The molecule has 1 aliphatic rings. The summed E-state index contributed by atoms with van der Waals surface area (Å²) in [5, 5.41) is 3.55. The molecule has 0 spiro atoms. The molecule has 1 fully saturated rings. The molecule has 192 valence electrons. The molecule has 0 bridgehead atoms. The molecule has 0 radical (unpaired) electrons. The van der Waals surface area contributed by atoms with E-state index in [0.29, 0.717) is 53.8 Å². The van der Waals surface area contributed by atoms with Gasteiger partial charge in [0.05, 0.1) is 18.2 Å². The van der Waals surface area contributed by atoms with E-state index in [9.17, 15) is 4.79 Å². The first-order valence-corrected chi connectivity index (χ1v) is 12.2. The van der Waals surface area contributed by atoms with E-state index in [4.69, 9.17) is 10.5 Å². The smallest absolute Gasteiger partial charge is 0.409 e. The van der Waals surface area contributed by atoms with Gasteiger partial charge < -0.3 is 25.6 Å². The van der Waals surface area contributed by atoms with Crippen molar-refractivity contribution in [2.45, 2.75) is 19.8 Å². The molecular formula is C26H29FN8O2. The fourth-order valence-corrected chi connectivity index (χ4v) is 4.57. The minimum atomic E-state index is -0.343. The number of aromatic nitrogens is 4. The Bertz CT molecular complexity index is 1410. The molecule has 1 aliphatic heterocycles. The fraction of sp³-hybridized carbons (Fsp3) is 0.308. The summed E-state index contributed by atoms with van der Waals surface area (Å²) in [6.07, 6.45) is 2.49. The normalized spacial score (nSPS) is 13.7. The lowest BCUT2D eigenvalue weighted by Crippen LogP contribution is -2.48. The molecule has 4 aromatic rings. The molecule has 0 atom stereocenters. The highest BCUT2D eigenvalue weighted by Gasteiger charge is 2.22. The Morgan fingerprint density at radius 3 is 2.54 bits per heavy atom. The zero-order valence-electron chi connectivity index (χ0n) is 20.8. The summed E-state index contributed by atoms with van der Waals surface area (Å²) in [6.45, 7) is 4.66. The van der Waals surface area contributed by atoms with Gasteiger partial charge in [0.1, 0.15) is 11.6 Å². The highest BCUT2D eigenvalue weighted by Crippen LogP contribution is 2.29. The van der Waals surface area contributed by atoms with Crippen molar-refractivity contribution in [1.82, 2.24) is 24.4 Å². The van der Waals surface area contributed by atoms with Gasteiger partial charge >= 0.3 is 6.09 Å². The molecule has 0 aliphatic carbocycles. The predicted octanol–water partition coefficient (Wildman–Crippen LogP) is 4.12. The number of hydrogen-bond acceptors (Lipinski definition) is 8. The van der Waals surface area contributed by atoms with Crippen LogP contribution in [-0.2, 0) is 11.2 Å². The number of nitrogens with zero attached hydrogens (tertiary/aromatic N) is 6. The maximum absolute atomic E-state index is 15.3. The van der Waals surface area contributed by atoms with Gasteiger partial charge in [0, 0.05) is 43.8 Å². The van der Waals surface area contributed by atoms with Crippen LogP contribution in [0.25, 0.3) is 16.9 Å². The van der Waals surface area contributed by atoms with Crippen LogP contribution in [0, 0.1) is 5.82 Å². The highest BCUT2D eigenvalue weighted by molar-refractivity contribution is 5.81. The summed E-state index contributed by atoms with van der Waals surface area (Å²) >= 11 is 0. The zero-order chi connectivity index (χ0) is 25.9. The van der Waals surface area contributed by atoms with Crippen LogP contribution in [0.2, 0.25) is 0 Å². The number of carbonyl (C=O) groups is 1. The van der Waals surface area contributed by atoms with Gasteiger partial charge in [-0.3, -0.25) is 4.57 Å². The average Bonchev–Trinajstić information content (AvgIpc) is 3.19. The zero-order valence-corrected chi connectivity index (χ0v) is 20.8. The first-order chi connectivity index (χ1) is 18.0. The van der Waals surface area contributed by atoms with Crippen molar-refractivity contribution in [1.29, 1.82) is 0 Å². The van der Waals surface area contributed by atoms with Crippen molar-refractivity contribution in [2.75, 3.05) is 49.2 Å². The van der Waals surface area contributed by atoms with Crippen molar-refractivity contribution >= 4 is 40.3 Å². The number of anilines is 4. The lowest BCUT2D eigenvalue weighted by Gasteiger charge is -2.35. The number of pyridine rings is 1. The topological polar surface area (TPSA) is 114 Å². The van der Waals surface area contributed by atoms with Gasteiger partial charge in [0.15, 0.2) is 11.5 Å². The third-order valence-corrected chi connectivity index (χ3v) is 6.41. The first-order valence-electron chi connectivity index (χ1n) is 12.2. The number of ether oxygens (including phenoxy) is 1. The molecule has 0 unspecified atom stereocenters. The number of fused-ring (bicyclic) bond motifs is 1. The second-order valence-corrected chi connectivity index (χ2v) is 8.81. The van der Waals surface area contributed by atoms with Crippen LogP contribution < -0.4 is 16.0 Å². The highest BCUT2D eigenvalue weighted by atomic mass is 19.1. The number of hydrogen-bond donors (Lipinski definition) is 2. The van der Waals surface area contributed by atoms with Crippen molar-refractivity contribution in [2.24, 2.45) is 0 Å². The Balaban J connectivity index is 1.38. The predicted molar refractivity (Wildman–Crippen MR) is 141 cm³/mol. The fourth-order valence-electron chi connectivity index (χ4n) is 4.57. The van der Waals surface area contributed by atoms with Crippen molar-refractivity contribution in [3.63, 3.8) is 0 Å². The van der Waals surface area contributed by atoms with Crippen LogP contribution in [0.15, 0.2) is 48.7 Å². The van der Waals surface area contributed by atoms with Crippen LogP contribution in [0.3, 0.4) is 0 Å². The number of nitrogen functional groups attached to an aromatic ring is 1. The second-order valence-electron chi connectivity index (χ2n) is 8.81. The third-order valence-electron chi connectivity index (χ3n) is 6.41. The summed E-state index contributed by atoms with van der Waals surface area (Å²) < 4.78 is 21.8. The standard InChI is InChI=1S/C26H29FN8O2/c1-3-5-20-23(27)19-16-29-25(32-24(19)35(20)22-7-4-6-21(28)31-22)30-17-8-10-18(11-9-17)33-12-14-34(15-13-33)26(36)37-2/h4,6-11,16H,3,5,12-15H2,1-2H3,(H2,28,31)(H,29,30,32). The molecule has 11 heteroatoms. The maximum atomic E-state index is 15.3. The Labute approximate surface area is 213 Å². The molecule has 10 nitrogen and oxygen atoms in total. The third kappa shape index (κ3) is 4.84. The van der Waals surface area contributed by atoms with E-state index in [1.54, 1.807) is 27.7 Å². The Morgan fingerprint density at radius 2 is 1.86 bits per heavy atom. The quantitative estimate of drug-likeness (QED) is 0.403. The van der Waals surface area contributed by atoms with E-state index in [2.05, 4.69) is 25.2 Å². The van der Waals surface area contributed by atoms with Crippen molar-refractivity contribution in [3.05, 3.63) is 60.2 Å². The number of amides is 1. The van der Waals surface area contributed by atoms with Gasteiger partial charge in [-0.05, 0) is 42.8 Å². The molecule has 1 aromatic carbocycles. The minimum absolute atomic E-state index is 0.296. The van der Waals surface area contributed by atoms with Crippen molar-refractivity contribution < 1.29 is 13.9 Å². The van der Waals surface area contributed by atoms with E-state index in [0.717, 1.165) is 30.9 Å². The van der Waals surface area contributed by atoms with Crippen LogP contribution >= 0.6 is 0 Å². The maximum Gasteiger partial charge on any atom is 0.409 e. The molecule has 37 heavy (non-hydrogen) atoms. The van der Waals surface area contributed by atoms with Crippen LogP contribution in [0.4, 0.5) is 32.3 Å². The molecule has 5 rings (SSSR count). The molecule has 3 N–H and O–H groups in total. The molecule has 4 heterocycles. The molecule has 1 saturated heterocycles. The Hall–Kier alpha value is -4.41. The van der Waals surface area contributed by atoms with Gasteiger partial charge in [-0.1, -0.05) is 19.4 Å². The van der Waals surface area contributed by atoms with Crippen molar-refractivity contribution in [3.8, 4) is 5.82 Å².